The lowest BCUT2D eigenvalue weighted by atomic mass is 10.1. The number of nitrogen functional groups attached to an aromatic ring is 1. The number of aromatic nitrogens is 3. The van der Waals surface area contributed by atoms with Gasteiger partial charge in [0.25, 0.3) is 0 Å². The van der Waals surface area contributed by atoms with Gasteiger partial charge in [0.1, 0.15) is 24.6 Å². The van der Waals surface area contributed by atoms with Crippen LogP contribution in [0.1, 0.15) is 31.6 Å². The number of carbonyl (C=O) groups is 1. The van der Waals surface area contributed by atoms with Crippen LogP contribution in [0.5, 0.6) is 0 Å². The molecule has 0 amide bonds. The summed E-state index contributed by atoms with van der Waals surface area (Å²) in [6.07, 6.45) is 3.02. The van der Waals surface area contributed by atoms with E-state index in [1.165, 1.54) is 13.3 Å². The Morgan fingerprint density at radius 1 is 1.55 bits per heavy atom. The van der Waals surface area contributed by atoms with Crippen LogP contribution in [0.25, 0.3) is 5.52 Å². The number of anilines is 1. The Kier molecular flexibility index (Phi) is 3.27. The largest absolute Gasteiger partial charge is 0.463 e. The normalized spacial score (nSPS) is 22.2. The van der Waals surface area contributed by atoms with Gasteiger partial charge in [0.15, 0.2) is 5.82 Å². The summed E-state index contributed by atoms with van der Waals surface area (Å²) in [6.45, 7) is 1.69. The fourth-order valence-corrected chi connectivity index (χ4v) is 2.47. The van der Waals surface area contributed by atoms with E-state index in [4.69, 9.17) is 15.2 Å². The third-order valence-electron chi connectivity index (χ3n) is 3.42. The Balaban J connectivity index is 1.76. The molecule has 7 heteroatoms. The molecule has 3 heterocycles. The zero-order valence-corrected chi connectivity index (χ0v) is 11.2. The highest BCUT2D eigenvalue weighted by Gasteiger charge is 2.29. The van der Waals surface area contributed by atoms with Crippen molar-refractivity contribution in [2.45, 2.75) is 32.0 Å². The predicted molar refractivity (Wildman–Crippen MR) is 70.9 cm³/mol. The average Bonchev–Trinajstić information content (AvgIpc) is 3.02. The molecule has 2 aromatic rings. The monoisotopic (exact) mass is 276 g/mol. The molecule has 0 bridgehead atoms. The van der Waals surface area contributed by atoms with Crippen molar-refractivity contribution in [1.82, 2.24) is 14.6 Å². The minimum absolute atomic E-state index is 0.0614. The van der Waals surface area contributed by atoms with E-state index in [9.17, 15) is 4.79 Å². The topological polar surface area (TPSA) is 91.7 Å². The fraction of sp³-hybridized carbons (Fsp3) is 0.462. The average molecular weight is 276 g/mol. The van der Waals surface area contributed by atoms with E-state index < -0.39 is 0 Å². The van der Waals surface area contributed by atoms with Crippen molar-refractivity contribution in [3.8, 4) is 0 Å². The number of hydrogen-bond acceptors (Lipinski definition) is 6. The SMILES string of the molecule is CC(=O)OC[C@@H]1CC[C@H](c2ccc3c(N)ncnn23)O1. The fourth-order valence-electron chi connectivity index (χ4n) is 2.47. The van der Waals surface area contributed by atoms with Crippen molar-refractivity contribution in [3.63, 3.8) is 0 Å². The second kappa shape index (κ2) is 5.09. The number of ether oxygens (including phenoxy) is 2. The van der Waals surface area contributed by atoms with Crippen molar-refractivity contribution in [2.24, 2.45) is 0 Å². The van der Waals surface area contributed by atoms with E-state index >= 15 is 0 Å². The molecule has 3 rings (SSSR count). The second-order valence-electron chi connectivity index (χ2n) is 4.83. The first kappa shape index (κ1) is 12.9. The first-order valence-electron chi connectivity index (χ1n) is 6.52. The van der Waals surface area contributed by atoms with Gasteiger partial charge in [0.2, 0.25) is 0 Å². The molecule has 1 aliphatic heterocycles. The van der Waals surface area contributed by atoms with Crippen molar-refractivity contribution >= 4 is 17.3 Å². The van der Waals surface area contributed by atoms with Gasteiger partial charge in [-0.3, -0.25) is 4.79 Å². The molecule has 0 radical (unpaired) electrons. The number of fused-ring (bicyclic) bond motifs is 1. The molecular formula is C13H16N4O3. The van der Waals surface area contributed by atoms with Gasteiger partial charge in [-0.25, -0.2) is 9.50 Å². The molecule has 7 nitrogen and oxygen atoms in total. The number of rotatable bonds is 3. The molecule has 0 aromatic carbocycles. The van der Waals surface area contributed by atoms with E-state index in [2.05, 4.69) is 10.1 Å². The summed E-state index contributed by atoms with van der Waals surface area (Å²) in [5.74, 6) is 0.159. The van der Waals surface area contributed by atoms with Crippen molar-refractivity contribution < 1.29 is 14.3 Å². The van der Waals surface area contributed by atoms with Crippen LogP contribution < -0.4 is 5.73 Å². The summed E-state index contributed by atoms with van der Waals surface area (Å²) < 4.78 is 12.6. The predicted octanol–water partition coefficient (Wildman–Crippen LogP) is 1.09. The summed E-state index contributed by atoms with van der Waals surface area (Å²) in [4.78, 5) is 14.8. The van der Waals surface area contributed by atoms with Crippen LogP contribution in [-0.2, 0) is 14.3 Å². The number of nitrogens with two attached hydrogens (primary N) is 1. The molecule has 106 valence electrons. The molecule has 1 aliphatic rings. The van der Waals surface area contributed by atoms with E-state index in [1.807, 2.05) is 12.1 Å². The van der Waals surface area contributed by atoms with Gasteiger partial charge in [-0.05, 0) is 25.0 Å². The molecule has 1 fully saturated rings. The van der Waals surface area contributed by atoms with Gasteiger partial charge in [-0.15, -0.1) is 0 Å². The lowest BCUT2D eigenvalue weighted by Gasteiger charge is -2.13. The third-order valence-corrected chi connectivity index (χ3v) is 3.42. The Morgan fingerprint density at radius 2 is 2.40 bits per heavy atom. The van der Waals surface area contributed by atoms with Crippen molar-refractivity contribution in [2.75, 3.05) is 12.3 Å². The summed E-state index contributed by atoms with van der Waals surface area (Å²) in [7, 11) is 0. The zero-order valence-electron chi connectivity index (χ0n) is 11.2. The van der Waals surface area contributed by atoms with E-state index in [1.54, 1.807) is 4.52 Å². The number of esters is 1. The van der Waals surface area contributed by atoms with Gasteiger partial charge >= 0.3 is 5.97 Å². The number of hydrogen-bond donors (Lipinski definition) is 1. The summed E-state index contributed by atoms with van der Waals surface area (Å²) in [5.41, 5.74) is 7.52. The molecule has 0 aliphatic carbocycles. The number of carbonyl (C=O) groups excluding carboxylic acids is 1. The lowest BCUT2D eigenvalue weighted by Crippen LogP contribution is -2.17. The van der Waals surface area contributed by atoms with E-state index in [-0.39, 0.29) is 18.2 Å². The maximum atomic E-state index is 10.8. The van der Waals surface area contributed by atoms with Crippen LogP contribution in [-0.4, -0.2) is 33.3 Å². The van der Waals surface area contributed by atoms with E-state index in [0.29, 0.717) is 12.4 Å². The highest BCUT2D eigenvalue weighted by Crippen LogP contribution is 2.33. The Hall–Kier alpha value is -2.15. The number of nitrogens with zero attached hydrogens (tertiary/aromatic N) is 3. The third kappa shape index (κ3) is 2.32. The molecule has 0 unspecified atom stereocenters. The van der Waals surface area contributed by atoms with Crippen LogP contribution in [0.4, 0.5) is 5.82 Å². The van der Waals surface area contributed by atoms with Gasteiger partial charge in [-0.2, -0.15) is 5.10 Å². The highest BCUT2D eigenvalue weighted by molar-refractivity contribution is 5.66. The van der Waals surface area contributed by atoms with Gasteiger partial charge < -0.3 is 15.2 Å². The Bertz CT molecular complexity index is 640. The standard InChI is InChI=1S/C13H16N4O3/c1-8(18)19-6-9-2-5-12(20-9)10-3-4-11-13(14)15-7-16-17(10)11/h3-4,7,9,12H,2,5-6H2,1H3,(H2,14,15,16)/t9-,12+/m0/s1. The van der Waals surface area contributed by atoms with Crippen molar-refractivity contribution in [1.29, 1.82) is 0 Å². The molecule has 1 saturated heterocycles. The molecule has 2 atom stereocenters. The minimum atomic E-state index is -0.286. The molecule has 2 aromatic heterocycles. The van der Waals surface area contributed by atoms with Crippen LogP contribution in [0.2, 0.25) is 0 Å². The summed E-state index contributed by atoms with van der Waals surface area (Å²) >= 11 is 0. The van der Waals surface area contributed by atoms with Crippen molar-refractivity contribution in [3.05, 3.63) is 24.2 Å². The smallest absolute Gasteiger partial charge is 0.302 e. The Morgan fingerprint density at radius 3 is 3.20 bits per heavy atom. The zero-order chi connectivity index (χ0) is 14.1. The molecular weight excluding hydrogens is 260 g/mol. The van der Waals surface area contributed by atoms with Gasteiger partial charge in [0.05, 0.1) is 11.8 Å². The molecule has 0 spiro atoms. The highest BCUT2D eigenvalue weighted by atomic mass is 16.6. The maximum Gasteiger partial charge on any atom is 0.302 e. The van der Waals surface area contributed by atoms with Crippen LogP contribution in [0, 0.1) is 0 Å². The van der Waals surface area contributed by atoms with Crippen LogP contribution >= 0.6 is 0 Å². The maximum absolute atomic E-state index is 10.8. The summed E-state index contributed by atoms with van der Waals surface area (Å²) in [5, 5.41) is 4.21. The van der Waals surface area contributed by atoms with E-state index in [0.717, 1.165) is 24.1 Å². The quantitative estimate of drug-likeness (QED) is 0.844. The minimum Gasteiger partial charge on any atom is -0.463 e. The lowest BCUT2D eigenvalue weighted by molar-refractivity contribution is -0.145. The van der Waals surface area contributed by atoms with Crippen LogP contribution in [0.15, 0.2) is 18.5 Å². The van der Waals surface area contributed by atoms with Crippen LogP contribution in [0.3, 0.4) is 0 Å². The second-order valence-corrected chi connectivity index (χ2v) is 4.83. The summed E-state index contributed by atoms with van der Waals surface area (Å²) in [6, 6.07) is 3.83. The molecule has 2 N–H and O–H groups in total. The molecule has 0 saturated carbocycles. The molecule has 20 heavy (non-hydrogen) atoms. The van der Waals surface area contributed by atoms with Gasteiger partial charge in [-0.1, -0.05) is 0 Å². The first-order valence-corrected chi connectivity index (χ1v) is 6.52. The first-order chi connectivity index (χ1) is 9.65. The Labute approximate surface area is 115 Å². The van der Waals surface area contributed by atoms with Gasteiger partial charge in [0, 0.05) is 6.92 Å².